The Bertz CT molecular complexity index is 1300. The number of carbonyl (C=O) groups excluding carboxylic acids is 2. The topological polar surface area (TPSA) is 75.0 Å². The van der Waals surface area contributed by atoms with Crippen molar-refractivity contribution in [2.24, 2.45) is 7.05 Å². The zero-order valence-electron chi connectivity index (χ0n) is 21.5. The van der Waals surface area contributed by atoms with Crippen LogP contribution in [0.25, 0.3) is 10.9 Å². The van der Waals surface area contributed by atoms with Gasteiger partial charge in [0.2, 0.25) is 5.91 Å². The highest BCUT2D eigenvalue weighted by atomic mass is 79.9. The van der Waals surface area contributed by atoms with Crippen LogP contribution in [0.4, 0.5) is 0 Å². The number of esters is 1. The lowest BCUT2D eigenvalue weighted by molar-refractivity contribution is -0.127. The molecule has 0 radical (unpaired) electrons. The molecular formula is C27H32BrN3O4S2. The zero-order valence-corrected chi connectivity index (χ0v) is 24.7. The molecule has 1 aliphatic rings. The Kier molecular flexibility index (Phi) is 9.15. The minimum atomic E-state index is -0.388. The lowest BCUT2D eigenvalue weighted by atomic mass is 10.0. The minimum Gasteiger partial charge on any atom is -0.506 e. The first-order valence-electron chi connectivity index (χ1n) is 12.1. The number of fused-ring (bicyclic) bond motifs is 1. The Labute approximate surface area is 234 Å². The number of thioether (sulfide) groups is 2. The third-order valence-corrected chi connectivity index (χ3v) is 9.17. The Morgan fingerprint density at radius 3 is 2.70 bits per heavy atom. The number of phenolic OH excluding ortho intramolecular Hbond substituents is 1. The van der Waals surface area contributed by atoms with E-state index in [2.05, 4.69) is 28.1 Å². The highest BCUT2D eigenvalue weighted by molar-refractivity contribution is 9.10. The number of amides is 1. The van der Waals surface area contributed by atoms with Gasteiger partial charge in [0.25, 0.3) is 0 Å². The van der Waals surface area contributed by atoms with Gasteiger partial charge in [0, 0.05) is 48.3 Å². The number of rotatable bonds is 10. The third kappa shape index (κ3) is 5.82. The molecule has 1 amide bonds. The second-order valence-corrected chi connectivity index (χ2v) is 12.2. The average Bonchev–Trinajstić information content (AvgIpc) is 3.37. The Hall–Kier alpha value is -2.14. The normalized spacial score (nSPS) is 15.8. The van der Waals surface area contributed by atoms with Crippen LogP contribution in [0.15, 0.2) is 40.9 Å². The predicted molar refractivity (Wildman–Crippen MR) is 155 cm³/mol. The number of phenols is 1. The summed E-state index contributed by atoms with van der Waals surface area (Å²) in [7, 11) is 5.79. The molecule has 1 saturated heterocycles. The van der Waals surface area contributed by atoms with Crippen LogP contribution in [0, 0.1) is 0 Å². The maximum absolute atomic E-state index is 13.2. The Morgan fingerprint density at radius 2 is 2.03 bits per heavy atom. The number of ether oxygens (including phenoxy) is 1. The molecule has 0 saturated carbocycles. The Balaban J connectivity index is 1.60. The molecule has 1 aliphatic heterocycles. The van der Waals surface area contributed by atoms with Crippen LogP contribution in [-0.2, 0) is 28.9 Å². The van der Waals surface area contributed by atoms with Gasteiger partial charge in [-0.25, -0.2) is 4.79 Å². The minimum absolute atomic E-state index is 0.0379. The quantitative estimate of drug-likeness (QED) is 0.245. The van der Waals surface area contributed by atoms with E-state index >= 15 is 0 Å². The largest absolute Gasteiger partial charge is 0.506 e. The van der Waals surface area contributed by atoms with E-state index in [4.69, 9.17) is 4.74 Å². The predicted octanol–water partition coefficient (Wildman–Crippen LogP) is 5.39. The van der Waals surface area contributed by atoms with Gasteiger partial charge in [0.1, 0.15) is 11.1 Å². The number of halogens is 1. The second-order valence-electron chi connectivity index (χ2n) is 9.13. The van der Waals surface area contributed by atoms with Gasteiger partial charge in [-0.05, 0) is 48.6 Å². The van der Waals surface area contributed by atoms with E-state index < -0.39 is 0 Å². The fraction of sp³-hybridized carbons (Fsp3) is 0.407. The smallest absolute Gasteiger partial charge is 0.340 e. The molecule has 37 heavy (non-hydrogen) atoms. The van der Waals surface area contributed by atoms with E-state index in [1.807, 2.05) is 59.8 Å². The maximum atomic E-state index is 13.2. The van der Waals surface area contributed by atoms with E-state index in [0.717, 1.165) is 27.9 Å². The molecule has 10 heteroatoms. The monoisotopic (exact) mass is 605 g/mol. The first kappa shape index (κ1) is 27.9. The molecule has 0 bridgehead atoms. The van der Waals surface area contributed by atoms with Crippen LogP contribution in [0.1, 0.15) is 39.5 Å². The number of nitrogens with zero attached hydrogens (tertiary/aromatic N) is 3. The first-order chi connectivity index (χ1) is 17.7. The van der Waals surface area contributed by atoms with Crippen LogP contribution in [0.5, 0.6) is 5.75 Å². The molecule has 1 fully saturated rings. The van der Waals surface area contributed by atoms with Gasteiger partial charge in [-0.3, -0.25) is 4.79 Å². The molecule has 1 aromatic heterocycles. The highest BCUT2D eigenvalue weighted by Gasteiger charge is 2.32. The van der Waals surface area contributed by atoms with Gasteiger partial charge in [0.15, 0.2) is 0 Å². The van der Waals surface area contributed by atoms with Crippen LogP contribution < -0.4 is 0 Å². The van der Waals surface area contributed by atoms with Crippen molar-refractivity contribution in [3.63, 3.8) is 0 Å². The molecule has 2 heterocycles. The fourth-order valence-electron chi connectivity index (χ4n) is 4.66. The standard InChI is InChI=1S/C27H32BrN3O4S2/c1-5-35-27(34)24-21(30(4)20-13-19(28)25(33)18(23(20)24)14-29(2)3)15-36-12-11-31-22(32)16-37-26(31)17-9-7-6-8-10-17/h6-10,13,26,33H,5,11-12,14-16H2,1-4H3. The van der Waals surface area contributed by atoms with Crippen molar-refractivity contribution < 1.29 is 19.4 Å². The van der Waals surface area contributed by atoms with Gasteiger partial charge in [-0.15, -0.1) is 11.8 Å². The van der Waals surface area contributed by atoms with Crippen molar-refractivity contribution in [1.29, 1.82) is 0 Å². The number of aromatic hydroxyl groups is 1. The molecule has 7 nitrogen and oxygen atoms in total. The summed E-state index contributed by atoms with van der Waals surface area (Å²) in [5, 5.41) is 11.6. The number of aromatic nitrogens is 1. The van der Waals surface area contributed by atoms with Crippen molar-refractivity contribution >= 4 is 62.2 Å². The van der Waals surface area contributed by atoms with E-state index in [0.29, 0.717) is 40.2 Å². The van der Waals surface area contributed by atoms with Crippen molar-refractivity contribution in [3.8, 4) is 5.75 Å². The Morgan fingerprint density at radius 1 is 1.30 bits per heavy atom. The van der Waals surface area contributed by atoms with Gasteiger partial charge >= 0.3 is 5.97 Å². The summed E-state index contributed by atoms with van der Waals surface area (Å²) in [6.07, 6.45) is 0. The molecule has 1 unspecified atom stereocenters. The van der Waals surface area contributed by atoms with Crippen molar-refractivity contribution in [2.75, 3.05) is 38.8 Å². The summed E-state index contributed by atoms with van der Waals surface area (Å²) < 4.78 is 8.06. The van der Waals surface area contributed by atoms with Crippen molar-refractivity contribution in [1.82, 2.24) is 14.4 Å². The maximum Gasteiger partial charge on any atom is 0.340 e. The molecule has 198 valence electrons. The van der Waals surface area contributed by atoms with Crippen LogP contribution in [0.2, 0.25) is 0 Å². The summed E-state index contributed by atoms with van der Waals surface area (Å²) in [6.45, 7) is 3.16. The molecule has 3 aromatic rings. The van der Waals surface area contributed by atoms with Crippen molar-refractivity contribution in [2.45, 2.75) is 24.6 Å². The molecule has 0 spiro atoms. The third-order valence-electron chi connectivity index (χ3n) is 6.36. The highest BCUT2D eigenvalue weighted by Crippen LogP contribution is 2.41. The summed E-state index contributed by atoms with van der Waals surface area (Å²) in [5.41, 5.74) is 4.03. The van der Waals surface area contributed by atoms with Crippen molar-refractivity contribution in [3.05, 3.63) is 63.3 Å². The molecular weight excluding hydrogens is 574 g/mol. The van der Waals surface area contributed by atoms with Crippen LogP contribution in [-0.4, -0.2) is 70.1 Å². The second kappa shape index (κ2) is 12.1. The summed E-state index contributed by atoms with van der Waals surface area (Å²) in [4.78, 5) is 29.7. The summed E-state index contributed by atoms with van der Waals surface area (Å²) in [5.74, 6) is 1.70. The summed E-state index contributed by atoms with van der Waals surface area (Å²) in [6, 6.07) is 12.0. The van der Waals surface area contributed by atoms with Gasteiger partial charge in [-0.1, -0.05) is 30.3 Å². The molecule has 1 atom stereocenters. The number of hydrogen-bond acceptors (Lipinski definition) is 7. The summed E-state index contributed by atoms with van der Waals surface area (Å²) >= 11 is 6.83. The molecule has 2 aromatic carbocycles. The van der Waals surface area contributed by atoms with E-state index in [1.165, 1.54) is 0 Å². The SMILES string of the molecule is CCOC(=O)c1c(CSCCN2C(=O)CSC2c2ccccc2)n(C)c2cc(Br)c(O)c(CN(C)C)c12. The molecule has 1 N–H and O–H groups in total. The first-order valence-corrected chi connectivity index (χ1v) is 15.1. The fourth-order valence-corrected chi connectivity index (χ4v) is 7.34. The zero-order chi connectivity index (χ0) is 26.7. The van der Waals surface area contributed by atoms with E-state index in [9.17, 15) is 14.7 Å². The average molecular weight is 607 g/mol. The lowest BCUT2D eigenvalue weighted by Crippen LogP contribution is -2.30. The lowest BCUT2D eigenvalue weighted by Gasteiger charge is -2.24. The van der Waals surface area contributed by atoms with Crippen LogP contribution >= 0.6 is 39.5 Å². The van der Waals surface area contributed by atoms with Gasteiger partial charge < -0.3 is 24.2 Å². The van der Waals surface area contributed by atoms with E-state index in [1.54, 1.807) is 30.4 Å². The molecule has 4 rings (SSSR count). The molecule has 0 aliphatic carbocycles. The van der Waals surface area contributed by atoms with Gasteiger partial charge in [0.05, 0.1) is 27.9 Å². The number of benzene rings is 2. The van der Waals surface area contributed by atoms with Crippen LogP contribution in [0.3, 0.4) is 0 Å². The number of hydrogen-bond donors (Lipinski definition) is 1. The number of aryl methyl sites for hydroxylation is 1. The van der Waals surface area contributed by atoms with E-state index in [-0.39, 0.29) is 29.6 Å². The van der Waals surface area contributed by atoms with Gasteiger partial charge in [-0.2, -0.15) is 11.8 Å². The number of carbonyl (C=O) groups is 2.